The molecule has 8 nitrogen and oxygen atoms in total. The van der Waals surface area contributed by atoms with Gasteiger partial charge in [-0.1, -0.05) is 29.4 Å². The third kappa shape index (κ3) is 4.97. The summed E-state index contributed by atoms with van der Waals surface area (Å²) < 4.78 is 13.0. The average Bonchev–Trinajstić information content (AvgIpc) is 3.52. The van der Waals surface area contributed by atoms with E-state index in [-0.39, 0.29) is 11.6 Å². The summed E-state index contributed by atoms with van der Waals surface area (Å²) in [5, 5.41) is 19.7. The monoisotopic (exact) mass is 475 g/mol. The number of halogens is 1. The van der Waals surface area contributed by atoms with Gasteiger partial charge in [-0.05, 0) is 49.6 Å². The van der Waals surface area contributed by atoms with Crippen LogP contribution < -0.4 is 0 Å². The number of rotatable bonds is 8. The van der Waals surface area contributed by atoms with E-state index in [1.54, 1.807) is 19.1 Å². The number of carbonyl (C=O) groups is 1. The summed E-state index contributed by atoms with van der Waals surface area (Å²) in [5.74, 6) is 1.05. The van der Waals surface area contributed by atoms with Gasteiger partial charge in [0.25, 0.3) is 11.8 Å². The third-order valence-corrected chi connectivity index (χ3v) is 6.33. The molecule has 3 heterocycles. The van der Waals surface area contributed by atoms with Gasteiger partial charge in [-0.3, -0.25) is 4.79 Å². The molecular formula is C20H18ClN5O3S2. The van der Waals surface area contributed by atoms with Gasteiger partial charge < -0.3 is 13.7 Å². The minimum Gasteiger partial charge on any atom is -0.452 e. The number of hydrogen-bond acceptors (Lipinski definition) is 9. The summed E-state index contributed by atoms with van der Waals surface area (Å²) in [6, 6.07) is 11.2. The molecule has 0 aliphatic heterocycles. The summed E-state index contributed by atoms with van der Waals surface area (Å²) in [5.41, 5.74) is 0.903. The Morgan fingerprint density at radius 2 is 2.03 bits per heavy atom. The molecule has 0 radical (unpaired) electrons. The molecule has 0 spiro atoms. The molecule has 11 heteroatoms. The van der Waals surface area contributed by atoms with E-state index in [1.165, 1.54) is 23.1 Å². The average molecular weight is 476 g/mol. The second-order valence-electron chi connectivity index (χ2n) is 6.40. The van der Waals surface area contributed by atoms with E-state index in [2.05, 4.69) is 20.4 Å². The fourth-order valence-corrected chi connectivity index (χ4v) is 4.35. The van der Waals surface area contributed by atoms with E-state index in [4.69, 9.17) is 20.8 Å². The van der Waals surface area contributed by atoms with Crippen LogP contribution in [0.2, 0.25) is 5.02 Å². The third-order valence-electron chi connectivity index (χ3n) is 4.28. The van der Waals surface area contributed by atoms with Gasteiger partial charge in [0.2, 0.25) is 0 Å². The summed E-state index contributed by atoms with van der Waals surface area (Å²) in [6.45, 7) is 4.35. The lowest BCUT2D eigenvalue weighted by molar-refractivity contribution is -0.146. The highest BCUT2D eigenvalue weighted by Crippen LogP contribution is 2.27. The number of ether oxygens (including phenoxy) is 1. The van der Waals surface area contributed by atoms with E-state index in [1.807, 2.05) is 41.1 Å². The van der Waals surface area contributed by atoms with Crippen LogP contribution in [-0.2, 0) is 16.1 Å². The molecule has 0 saturated carbocycles. The molecule has 1 aromatic carbocycles. The Morgan fingerprint density at radius 1 is 1.23 bits per heavy atom. The van der Waals surface area contributed by atoms with Gasteiger partial charge >= 0.3 is 5.97 Å². The molecule has 0 fully saturated rings. The Morgan fingerprint density at radius 3 is 2.74 bits per heavy atom. The van der Waals surface area contributed by atoms with Crippen LogP contribution in [0.1, 0.15) is 25.8 Å². The molecule has 4 rings (SSSR count). The summed E-state index contributed by atoms with van der Waals surface area (Å²) in [4.78, 5) is 13.2. The van der Waals surface area contributed by atoms with Crippen molar-refractivity contribution in [2.45, 2.75) is 31.7 Å². The number of carbonyl (C=O) groups excluding carboxylic acids is 1. The molecule has 3 aromatic heterocycles. The van der Waals surface area contributed by atoms with Crippen molar-refractivity contribution in [3.05, 3.63) is 52.7 Å². The highest BCUT2D eigenvalue weighted by atomic mass is 35.5. The smallest absolute Gasteiger partial charge is 0.317 e. The summed E-state index contributed by atoms with van der Waals surface area (Å²) in [6.07, 6.45) is -0.650. The van der Waals surface area contributed by atoms with Crippen LogP contribution in [0.3, 0.4) is 0 Å². The van der Waals surface area contributed by atoms with Gasteiger partial charge in [0.15, 0.2) is 17.1 Å². The lowest BCUT2D eigenvalue weighted by atomic mass is 10.2. The zero-order valence-electron chi connectivity index (χ0n) is 16.7. The lowest BCUT2D eigenvalue weighted by Gasteiger charge is -2.10. The Labute approximate surface area is 191 Å². The quantitative estimate of drug-likeness (QED) is 0.255. The van der Waals surface area contributed by atoms with Crippen molar-refractivity contribution in [2.75, 3.05) is 5.75 Å². The minimum atomic E-state index is -0.650. The van der Waals surface area contributed by atoms with Crippen LogP contribution in [0, 0.1) is 0 Å². The minimum absolute atomic E-state index is 0.0784. The van der Waals surface area contributed by atoms with Crippen LogP contribution in [0.25, 0.3) is 22.2 Å². The number of thiophene rings is 1. The zero-order chi connectivity index (χ0) is 21.8. The Bertz CT molecular complexity index is 1160. The highest BCUT2D eigenvalue weighted by molar-refractivity contribution is 7.99. The van der Waals surface area contributed by atoms with Crippen molar-refractivity contribution in [3.63, 3.8) is 0 Å². The van der Waals surface area contributed by atoms with Crippen LogP contribution in [0.4, 0.5) is 0 Å². The van der Waals surface area contributed by atoms with Gasteiger partial charge in [-0.2, -0.15) is 0 Å². The maximum absolute atomic E-state index is 12.3. The van der Waals surface area contributed by atoms with Gasteiger partial charge in [0.1, 0.15) is 0 Å². The number of benzene rings is 1. The molecule has 0 saturated heterocycles. The molecule has 4 aromatic rings. The van der Waals surface area contributed by atoms with Crippen LogP contribution >= 0.6 is 34.7 Å². The SMILES string of the molecule is CCn1c(SCC(=O)OC(C)c2nnc(-c3cccs3)o2)nnc1-c1ccc(Cl)cc1. The topological polar surface area (TPSA) is 95.9 Å². The van der Waals surface area contributed by atoms with Gasteiger partial charge in [-0.25, -0.2) is 0 Å². The van der Waals surface area contributed by atoms with Gasteiger partial charge in [0, 0.05) is 17.1 Å². The molecule has 1 unspecified atom stereocenters. The largest absolute Gasteiger partial charge is 0.452 e. The number of esters is 1. The van der Waals surface area contributed by atoms with Crippen LogP contribution in [0.15, 0.2) is 51.4 Å². The Kier molecular flexibility index (Phi) is 6.69. The van der Waals surface area contributed by atoms with Crippen molar-refractivity contribution in [2.24, 2.45) is 0 Å². The molecule has 0 bridgehead atoms. The van der Waals surface area contributed by atoms with Crippen molar-refractivity contribution in [3.8, 4) is 22.2 Å². The first-order chi connectivity index (χ1) is 15.0. The van der Waals surface area contributed by atoms with Crippen molar-refractivity contribution in [1.82, 2.24) is 25.0 Å². The van der Waals surface area contributed by atoms with Crippen molar-refractivity contribution < 1.29 is 13.9 Å². The normalized spacial score (nSPS) is 12.1. The molecule has 31 heavy (non-hydrogen) atoms. The summed E-state index contributed by atoms with van der Waals surface area (Å²) >= 11 is 8.72. The predicted molar refractivity (Wildman–Crippen MR) is 119 cm³/mol. The second kappa shape index (κ2) is 9.63. The van der Waals surface area contributed by atoms with Gasteiger partial charge in [0.05, 0.1) is 10.6 Å². The van der Waals surface area contributed by atoms with Gasteiger partial charge in [-0.15, -0.1) is 31.7 Å². The first kappa shape index (κ1) is 21.5. The van der Waals surface area contributed by atoms with Crippen LogP contribution in [-0.4, -0.2) is 36.7 Å². The molecule has 160 valence electrons. The van der Waals surface area contributed by atoms with Crippen molar-refractivity contribution in [1.29, 1.82) is 0 Å². The van der Waals surface area contributed by atoms with E-state index in [0.717, 1.165) is 16.3 Å². The summed E-state index contributed by atoms with van der Waals surface area (Å²) in [7, 11) is 0. The zero-order valence-corrected chi connectivity index (χ0v) is 19.1. The number of aromatic nitrogens is 5. The highest BCUT2D eigenvalue weighted by Gasteiger charge is 2.21. The molecule has 0 N–H and O–H groups in total. The second-order valence-corrected chi connectivity index (χ2v) is 8.73. The van der Waals surface area contributed by atoms with Crippen molar-refractivity contribution >= 4 is 40.7 Å². The first-order valence-electron chi connectivity index (χ1n) is 9.44. The molecule has 0 aliphatic rings. The standard InChI is InChI=1S/C20H18ClN5O3S2/c1-3-26-17(13-6-8-14(21)9-7-13)22-25-20(26)31-11-16(27)28-12(2)18-23-24-19(29-18)15-5-4-10-30-15/h4-10,12H,3,11H2,1-2H3. The Balaban J connectivity index is 1.37. The maximum atomic E-state index is 12.3. The first-order valence-corrected chi connectivity index (χ1v) is 11.7. The number of hydrogen-bond donors (Lipinski definition) is 0. The molecule has 0 aliphatic carbocycles. The predicted octanol–water partition coefficient (Wildman–Crippen LogP) is 5.13. The van der Waals surface area contributed by atoms with E-state index in [9.17, 15) is 4.79 Å². The lowest BCUT2D eigenvalue weighted by Crippen LogP contribution is -2.12. The number of nitrogens with zero attached hydrogens (tertiary/aromatic N) is 5. The maximum Gasteiger partial charge on any atom is 0.317 e. The molecule has 1 atom stereocenters. The van der Waals surface area contributed by atoms with E-state index in [0.29, 0.717) is 22.6 Å². The number of thioether (sulfide) groups is 1. The fourth-order valence-electron chi connectivity index (χ4n) is 2.80. The van der Waals surface area contributed by atoms with E-state index < -0.39 is 12.1 Å². The molecule has 0 amide bonds. The fraction of sp³-hybridized carbons (Fsp3) is 0.250. The van der Waals surface area contributed by atoms with E-state index >= 15 is 0 Å². The Hall–Kier alpha value is -2.69. The van der Waals surface area contributed by atoms with Crippen LogP contribution in [0.5, 0.6) is 0 Å². The molecular weight excluding hydrogens is 458 g/mol.